The van der Waals surface area contributed by atoms with Gasteiger partial charge in [-0.05, 0) is 29.8 Å². The van der Waals surface area contributed by atoms with E-state index in [1.807, 2.05) is 30.3 Å². The van der Waals surface area contributed by atoms with Gasteiger partial charge in [0.2, 0.25) is 0 Å². The van der Waals surface area contributed by atoms with Gasteiger partial charge in [-0.3, -0.25) is 0 Å². The third-order valence-corrected chi connectivity index (χ3v) is 3.71. The number of carboxylic acids is 1. The molecule has 0 fully saturated rings. The summed E-state index contributed by atoms with van der Waals surface area (Å²) in [6, 6.07) is 16.1. The van der Waals surface area contributed by atoms with E-state index in [4.69, 9.17) is 0 Å². The van der Waals surface area contributed by atoms with Crippen LogP contribution in [0.25, 0.3) is 11.3 Å². The first kappa shape index (κ1) is 16.6. The Kier molecular flexibility index (Phi) is 4.99. The van der Waals surface area contributed by atoms with Gasteiger partial charge >= 0.3 is 5.97 Å². The van der Waals surface area contributed by atoms with Gasteiger partial charge in [0.1, 0.15) is 24.0 Å². The van der Waals surface area contributed by atoms with Crippen LogP contribution in [-0.2, 0) is 11.2 Å². The molecule has 0 aliphatic heterocycles. The van der Waals surface area contributed by atoms with Crippen LogP contribution in [0.2, 0.25) is 0 Å². The van der Waals surface area contributed by atoms with Crippen LogP contribution in [0.15, 0.2) is 67.0 Å². The van der Waals surface area contributed by atoms with Crippen LogP contribution in [0.4, 0.5) is 10.2 Å². The monoisotopic (exact) mass is 337 g/mol. The summed E-state index contributed by atoms with van der Waals surface area (Å²) in [4.78, 5) is 19.8. The van der Waals surface area contributed by atoms with E-state index in [-0.39, 0.29) is 5.82 Å². The van der Waals surface area contributed by atoms with Crippen LogP contribution in [0.3, 0.4) is 0 Å². The number of hydrogen-bond donors (Lipinski definition) is 2. The van der Waals surface area contributed by atoms with Crippen LogP contribution in [-0.4, -0.2) is 27.1 Å². The lowest BCUT2D eigenvalue weighted by atomic mass is 10.1. The molecule has 126 valence electrons. The number of nitrogens with one attached hydrogen (secondary N) is 1. The second-order valence-electron chi connectivity index (χ2n) is 5.52. The third kappa shape index (κ3) is 4.38. The Morgan fingerprint density at radius 2 is 1.80 bits per heavy atom. The van der Waals surface area contributed by atoms with Crippen LogP contribution in [0.1, 0.15) is 5.56 Å². The smallest absolute Gasteiger partial charge is 0.326 e. The molecule has 1 atom stereocenters. The molecule has 2 N–H and O–H groups in total. The molecule has 6 heteroatoms. The molecule has 2 aromatic carbocycles. The lowest BCUT2D eigenvalue weighted by Gasteiger charge is -2.15. The van der Waals surface area contributed by atoms with E-state index in [2.05, 4.69) is 15.3 Å². The number of nitrogens with zero attached hydrogens (tertiary/aromatic N) is 2. The molecule has 0 bridgehead atoms. The van der Waals surface area contributed by atoms with E-state index in [0.29, 0.717) is 17.9 Å². The molecule has 1 unspecified atom stereocenters. The van der Waals surface area contributed by atoms with Gasteiger partial charge in [0.15, 0.2) is 0 Å². The Bertz CT molecular complexity index is 854. The van der Waals surface area contributed by atoms with E-state index in [1.165, 1.54) is 18.5 Å². The van der Waals surface area contributed by atoms with Crippen LogP contribution < -0.4 is 5.32 Å². The zero-order valence-electron chi connectivity index (χ0n) is 13.3. The quantitative estimate of drug-likeness (QED) is 0.721. The summed E-state index contributed by atoms with van der Waals surface area (Å²) in [5.74, 6) is -0.895. The molecular formula is C19H16FN3O2. The second kappa shape index (κ2) is 7.53. The summed E-state index contributed by atoms with van der Waals surface area (Å²) in [6.45, 7) is 0. The molecule has 0 saturated heterocycles. The van der Waals surface area contributed by atoms with Crippen molar-refractivity contribution in [3.63, 3.8) is 0 Å². The molecule has 1 aromatic heterocycles. The lowest BCUT2D eigenvalue weighted by Crippen LogP contribution is -2.31. The molecule has 0 radical (unpaired) electrons. The van der Waals surface area contributed by atoms with Gasteiger partial charge < -0.3 is 10.4 Å². The van der Waals surface area contributed by atoms with Crippen molar-refractivity contribution < 1.29 is 14.3 Å². The fraction of sp³-hybridized carbons (Fsp3) is 0.105. The zero-order valence-corrected chi connectivity index (χ0v) is 13.3. The molecule has 25 heavy (non-hydrogen) atoms. The van der Waals surface area contributed by atoms with Gasteiger partial charge in [-0.25, -0.2) is 19.2 Å². The van der Waals surface area contributed by atoms with Crippen molar-refractivity contribution in [2.24, 2.45) is 0 Å². The number of hydrogen-bond acceptors (Lipinski definition) is 4. The summed E-state index contributed by atoms with van der Waals surface area (Å²) >= 11 is 0. The summed E-state index contributed by atoms with van der Waals surface area (Å²) in [5.41, 5.74) is 2.22. The predicted molar refractivity (Wildman–Crippen MR) is 92.6 cm³/mol. The molecule has 0 amide bonds. The maximum atomic E-state index is 13.0. The molecule has 0 aliphatic carbocycles. The summed E-state index contributed by atoms with van der Waals surface area (Å²) in [6.07, 6.45) is 1.68. The molecule has 3 aromatic rings. The van der Waals surface area contributed by atoms with Gasteiger partial charge in [0, 0.05) is 18.1 Å². The highest BCUT2D eigenvalue weighted by molar-refractivity contribution is 5.77. The van der Waals surface area contributed by atoms with Gasteiger partial charge in [0.25, 0.3) is 0 Å². The van der Waals surface area contributed by atoms with Crippen LogP contribution >= 0.6 is 0 Å². The Hall–Kier alpha value is -3.28. The Morgan fingerprint density at radius 1 is 1.08 bits per heavy atom. The maximum absolute atomic E-state index is 13.0. The molecule has 5 nitrogen and oxygen atoms in total. The minimum Gasteiger partial charge on any atom is -0.480 e. The predicted octanol–water partition coefficient (Wildman–Crippen LogP) is 3.39. The summed E-state index contributed by atoms with van der Waals surface area (Å²) in [7, 11) is 0. The number of carboxylic acid groups (broad SMARTS) is 1. The largest absolute Gasteiger partial charge is 0.480 e. The van der Waals surface area contributed by atoms with E-state index in [9.17, 15) is 14.3 Å². The molecule has 0 aliphatic rings. The van der Waals surface area contributed by atoms with Crippen molar-refractivity contribution in [2.75, 3.05) is 5.32 Å². The fourth-order valence-corrected chi connectivity index (χ4v) is 2.44. The molecular weight excluding hydrogens is 321 g/mol. The Labute approximate surface area is 144 Å². The normalized spacial score (nSPS) is 11.7. The van der Waals surface area contributed by atoms with Gasteiger partial charge in [0.05, 0.1) is 5.69 Å². The third-order valence-electron chi connectivity index (χ3n) is 3.71. The SMILES string of the molecule is O=C(O)C(Cc1ccccc1)Nc1cc(-c2ccc(F)cc2)ncn1. The Balaban J connectivity index is 1.79. The highest BCUT2D eigenvalue weighted by atomic mass is 19.1. The Morgan fingerprint density at radius 3 is 2.48 bits per heavy atom. The minimum absolute atomic E-state index is 0.325. The van der Waals surface area contributed by atoms with Crippen molar-refractivity contribution in [3.8, 4) is 11.3 Å². The van der Waals surface area contributed by atoms with Gasteiger partial charge in [-0.2, -0.15) is 0 Å². The maximum Gasteiger partial charge on any atom is 0.326 e. The van der Waals surface area contributed by atoms with Crippen molar-refractivity contribution >= 4 is 11.8 Å². The topological polar surface area (TPSA) is 75.1 Å². The van der Waals surface area contributed by atoms with E-state index >= 15 is 0 Å². The number of aliphatic carboxylic acids is 1. The lowest BCUT2D eigenvalue weighted by molar-refractivity contribution is -0.137. The standard InChI is InChI=1S/C19H16FN3O2/c20-15-8-6-14(7-9-15)16-11-18(22-12-21-16)23-17(19(24)25)10-13-4-2-1-3-5-13/h1-9,11-12,17H,10H2,(H,24,25)(H,21,22,23). The molecule has 0 saturated carbocycles. The van der Waals surface area contributed by atoms with Crippen LogP contribution in [0, 0.1) is 5.82 Å². The number of benzene rings is 2. The van der Waals surface area contributed by atoms with E-state index in [0.717, 1.165) is 11.1 Å². The number of carbonyl (C=O) groups is 1. The average molecular weight is 337 g/mol. The highest BCUT2D eigenvalue weighted by Crippen LogP contribution is 2.20. The molecule has 3 rings (SSSR count). The van der Waals surface area contributed by atoms with Crippen molar-refractivity contribution in [3.05, 3.63) is 78.4 Å². The minimum atomic E-state index is -0.967. The first-order valence-corrected chi connectivity index (χ1v) is 7.73. The number of rotatable bonds is 6. The number of aromatic nitrogens is 2. The van der Waals surface area contributed by atoms with E-state index < -0.39 is 12.0 Å². The first-order valence-electron chi connectivity index (χ1n) is 7.73. The van der Waals surface area contributed by atoms with Crippen molar-refractivity contribution in [1.29, 1.82) is 0 Å². The van der Waals surface area contributed by atoms with Gasteiger partial charge in [-0.1, -0.05) is 30.3 Å². The number of anilines is 1. The van der Waals surface area contributed by atoms with Crippen molar-refractivity contribution in [1.82, 2.24) is 9.97 Å². The first-order chi connectivity index (χ1) is 12.1. The molecule has 0 spiro atoms. The zero-order chi connectivity index (χ0) is 17.6. The summed E-state index contributed by atoms with van der Waals surface area (Å²) in [5, 5.41) is 12.4. The van der Waals surface area contributed by atoms with Gasteiger partial charge in [-0.15, -0.1) is 0 Å². The highest BCUT2D eigenvalue weighted by Gasteiger charge is 2.18. The summed E-state index contributed by atoms with van der Waals surface area (Å²) < 4.78 is 13.0. The second-order valence-corrected chi connectivity index (χ2v) is 5.52. The molecule has 1 heterocycles. The average Bonchev–Trinajstić information content (AvgIpc) is 2.63. The van der Waals surface area contributed by atoms with Crippen LogP contribution in [0.5, 0.6) is 0 Å². The van der Waals surface area contributed by atoms with Crippen molar-refractivity contribution in [2.45, 2.75) is 12.5 Å². The van der Waals surface area contributed by atoms with E-state index in [1.54, 1.807) is 18.2 Å². The number of halogens is 1. The fourth-order valence-electron chi connectivity index (χ4n) is 2.44.